The lowest BCUT2D eigenvalue weighted by molar-refractivity contribution is 0.0405. The Balaban J connectivity index is 2.67. The number of hydrogen-bond acceptors (Lipinski definition) is 3. The SMILES string of the molecule is COCCN(CC(F)F)CC(O)c1ccc(F)c(F)c1. The van der Waals surface area contributed by atoms with Gasteiger partial charge in [0, 0.05) is 20.2 Å². The van der Waals surface area contributed by atoms with Gasteiger partial charge in [0.2, 0.25) is 0 Å². The number of ether oxygens (including phenoxy) is 1. The van der Waals surface area contributed by atoms with Crippen LogP contribution in [0.4, 0.5) is 17.6 Å². The van der Waals surface area contributed by atoms with Crippen molar-refractivity contribution in [2.24, 2.45) is 0 Å². The Morgan fingerprint density at radius 1 is 1.20 bits per heavy atom. The first kappa shape index (κ1) is 16.9. The fraction of sp³-hybridized carbons (Fsp3) is 0.538. The van der Waals surface area contributed by atoms with Crippen LogP contribution in [0, 0.1) is 11.6 Å². The van der Waals surface area contributed by atoms with Crippen molar-refractivity contribution in [3.05, 3.63) is 35.4 Å². The quantitative estimate of drug-likeness (QED) is 0.746. The highest BCUT2D eigenvalue weighted by molar-refractivity contribution is 5.20. The van der Waals surface area contributed by atoms with Crippen molar-refractivity contribution in [3.8, 4) is 0 Å². The average Bonchev–Trinajstić information content (AvgIpc) is 2.38. The van der Waals surface area contributed by atoms with E-state index in [2.05, 4.69) is 0 Å². The van der Waals surface area contributed by atoms with Gasteiger partial charge in [-0.2, -0.15) is 0 Å². The molecule has 1 aromatic carbocycles. The van der Waals surface area contributed by atoms with Gasteiger partial charge < -0.3 is 9.84 Å². The Hall–Kier alpha value is -1.18. The van der Waals surface area contributed by atoms with Crippen LogP contribution in [0.25, 0.3) is 0 Å². The molecule has 0 spiro atoms. The minimum Gasteiger partial charge on any atom is -0.387 e. The predicted molar refractivity (Wildman–Crippen MR) is 65.6 cm³/mol. The van der Waals surface area contributed by atoms with E-state index in [9.17, 15) is 22.7 Å². The van der Waals surface area contributed by atoms with Crippen molar-refractivity contribution < 1.29 is 27.4 Å². The second kappa shape index (κ2) is 8.18. The average molecular weight is 295 g/mol. The van der Waals surface area contributed by atoms with E-state index in [1.54, 1.807) is 0 Å². The van der Waals surface area contributed by atoms with Crippen LogP contribution in [0.5, 0.6) is 0 Å². The summed E-state index contributed by atoms with van der Waals surface area (Å²) in [5, 5.41) is 9.90. The third kappa shape index (κ3) is 5.44. The van der Waals surface area contributed by atoms with Crippen LogP contribution in [0.15, 0.2) is 18.2 Å². The molecule has 1 rings (SSSR count). The lowest BCUT2D eigenvalue weighted by Gasteiger charge is -2.24. The zero-order valence-electron chi connectivity index (χ0n) is 11.0. The standard InChI is InChI=1S/C13H17F4NO2/c1-20-5-4-18(8-13(16)17)7-12(19)9-2-3-10(14)11(15)6-9/h2-3,6,12-13,19H,4-5,7-8H2,1H3. The van der Waals surface area contributed by atoms with E-state index in [1.807, 2.05) is 0 Å². The van der Waals surface area contributed by atoms with E-state index >= 15 is 0 Å². The van der Waals surface area contributed by atoms with Crippen LogP contribution in [0.1, 0.15) is 11.7 Å². The zero-order valence-corrected chi connectivity index (χ0v) is 11.0. The summed E-state index contributed by atoms with van der Waals surface area (Å²) in [7, 11) is 1.44. The van der Waals surface area contributed by atoms with Gasteiger partial charge >= 0.3 is 0 Å². The molecule has 1 atom stereocenters. The van der Waals surface area contributed by atoms with Crippen LogP contribution >= 0.6 is 0 Å². The second-order valence-electron chi connectivity index (χ2n) is 4.33. The first-order valence-electron chi connectivity index (χ1n) is 6.06. The van der Waals surface area contributed by atoms with Crippen LogP contribution in [-0.4, -0.2) is 49.8 Å². The summed E-state index contributed by atoms with van der Waals surface area (Å²) in [6.45, 7) is -0.193. The van der Waals surface area contributed by atoms with Gasteiger partial charge in [0.25, 0.3) is 6.43 Å². The molecule has 0 fully saturated rings. The number of methoxy groups -OCH3 is 1. The summed E-state index contributed by atoms with van der Waals surface area (Å²) in [6, 6.07) is 2.97. The second-order valence-corrected chi connectivity index (χ2v) is 4.33. The number of nitrogens with zero attached hydrogens (tertiary/aromatic N) is 1. The predicted octanol–water partition coefficient (Wildman–Crippen LogP) is 2.21. The van der Waals surface area contributed by atoms with Crippen molar-refractivity contribution in [1.29, 1.82) is 0 Å². The topological polar surface area (TPSA) is 32.7 Å². The summed E-state index contributed by atoms with van der Waals surface area (Å²) in [5.41, 5.74) is 0.139. The highest BCUT2D eigenvalue weighted by Crippen LogP contribution is 2.17. The lowest BCUT2D eigenvalue weighted by Crippen LogP contribution is -2.35. The van der Waals surface area contributed by atoms with Crippen LogP contribution < -0.4 is 0 Å². The minimum atomic E-state index is -2.55. The monoisotopic (exact) mass is 295 g/mol. The van der Waals surface area contributed by atoms with Gasteiger partial charge in [0.1, 0.15) is 0 Å². The first-order valence-corrected chi connectivity index (χ1v) is 6.06. The molecule has 1 N–H and O–H groups in total. The number of alkyl halides is 2. The van der Waals surface area contributed by atoms with Crippen molar-refractivity contribution in [2.45, 2.75) is 12.5 Å². The smallest absolute Gasteiger partial charge is 0.251 e. The molecule has 0 bridgehead atoms. The fourth-order valence-electron chi connectivity index (χ4n) is 1.74. The Bertz CT molecular complexity index is 417. The van der Waals surface area contributed by atoms with Crippen molar-refractivity contribution in [3.63, 3.8) is 0 Å². The number of rotatable bonds is 8. The number of aliphatic hydroxyl groups is 1. The largest absolute Gasteiger partial charge is 0.387 e. The van der Waals surface area contributed by atoms with E-state index in [-0.39, 0.29) is 25.3 Å². The molecule has 7 heteroatoms. The van der Waals surface area contributed by atoms with Gasteiger partial charge in [0.15, 0.2) is 11.6 Å². The third-order valence-electron chi connectivity index (χ3n) is 2.77. The summed E-state index contributed by atoms with van der Waals surface area (Å²) in [4.78, 5) is 1.31. The molecule has 1 aromatic rings. The number of aliphatic hydroxyl groups excluding tert-OH is 1. The Kier molecular flexibility index (Phi) is 6.90. The molecule has 0 aliphatic heterocycles. The molecule has 3 nitrogen and oxygen atoms in total. The molecule has 0 radical (unpaired) electrons. The van der Waals surface area contributed by atoms with Crippen LogP contribution in [0.2, 0.25) is 0 Å². The maximum atomic E-state index is 13.1. The Morgan fingerprint density at radius 3 is 2.45 bits per heavy atom. The van der Waals surface area contributed by atoms with Crippen LogP contribution in [0.3, 0.4) is 0 Å². The minimum absolute atomic E-state index is 0.112. The third-order valence-corrected chi connectivity index (χ3v) is 2.77. The molecule has 0 amide bonds. The van der Waals surface area contributed by atoms with Crippen molar-refractivity contribution >= 4 is 0 Å². The Morgan fingerprint density at radius 2 is 1.90 bits per heavy atom. The van der Waals surface area contributed by atoms with E-state index in [4.69, 9.17) is 4.74 Å². The molecule has 0 saturated carbocycles. The summed E-state index contributed by atoms with van der Waals surface area (Å²) in [6.07, 6.45) is -3.73. The highest BCUT2D eigenvalue weighted by Gasteiger charge is 2.18. The molecule has 0 aromatic heterocycles. The van der Waals surface area contributed by atoms with Gasteiger partial charge in [-0.25, -0.2) is 17.6 Å². The van der Waals surface area contributed by atoms with Gasteiger partial charge in [-0.05, 0) is 17.7 Å². The Labute approximate surface area is 114 Å². The molecule has 20 heavy (non-hydrogen) atoms. The number of hydrogen-bond donors (Lipinski definition) is 1. The molecule has 0 saturated heterocycles. The van der Waals surface area contributed by atoms with Gasteiger partial charge in [-0.1, -0.05) is 6.07 Å². The first-order chi connectivity index (χ1) is 9.43. The molecule has 0 aliphatic carbocycles. The van der Waals surface area contributed by atoms with Gasteiger partial charge in [-0.3, -0.25) is 4.90 Å². The van der Waals surface area contributed by atoms with Crippen molar-refractivity contribution in [1.82, 2.24) is 4.90 Å². The van der Waals surface area contributed by atoms with Gasteiger partial charge in [0.05, 0.1) is 19.3 Å². The molecule has 1 unspecified atom stereocenters. The molecule has 0 heterocycles. The number of halogens is 4. The zero-order chi connectivity index (χ0) is 15.1. The van der Waals surface area contributed by atoms with E-state index in [1.165, 1.54) is 18.1 Å². The summed E-state index contributed by atoms with van der Waals surface area (Å²) in [5.74, 6) is -2.11. The molecule has 0 aliphatic rings. The highest BCUT2D eigenvalue weighted by atomic mass is 19.3. The van der Waals surface area contributed by atoms with E-state index in [0.29, 0.717) is 0 Å². The maximum Gasteiger partial charge on any atom is 0.251 e. The van der Waals surface area contributed by atoms with E-state index in [0.717, 1.165) is 12.1 Å². The molecular weight excluding hydrogens is 278 g/mol. The molecular formula is C13H17F4NO2. The van der Waals surface area contributed by atoms with Gasteiger partial charge in [-0.15, -0.1) is 0 Å². The summed E-state index contributed by atoms with van der Waals surface area (Å²) >= 11 is 0. The van der Waals surface area contributed by atoms with E-state index < -0.39 is 30.7 Å². The fourth-order valence-corrected chi connectivity index (χ4v) is 1.74. The summed E-state index contributed by atoms with van der Waals surface area (Å²) < 4.78 is 55.4. The maximum absolute atomic E-state index is 13.1. The van der Waals surface area contributed by atoms with Crippen LogP contribution in [-0.2, 0) is 4.74 Å². The lowest BCUT2D eigenvalue weighted by atomic mass is 10.1. The molecule has 114 valence electrons. The van der Waals surface area contributed by atoms with Crippen molar-refractivity contribution in [2.75, 3.05) is 33.4 Å². The number of benzene rings is 1. The normalized spacial score (nSPS) is 13.2.